The molecular formula is C15H12FN3O2S. The molecule has 0 amide bonds. The van der Waals surface area contributed by atoms with Gasteiger partial charge < -0.3 is 4.98 Å². The van der Waals surface area contributed by atoms with Gasteiger partial charge in [0.1, 0.15) is 10.7 Å². The number of benzene rings is 1. The summed E-state index contributed by atoms with van der Waals surface area (Å²) in [5.74, 6) is -0.511. The fourth-order valence-electron chi connectivity index (χ4n) is 1.97. The molecule has 0 aliphatic rings. The molecule has 22 heavy (non-hydrogen) atoms. The van der Waals surface area contributed by atoms with Crippen molar-refractivity contribution in [1.82, 2.24) is 9.97 Å². The number of pyridine rings is 1. The predicted octanol–water partition coefficient (Wildman–Crippen LogP) is 3.02. The first-order valence-electron chi connectivity index (χ1n) is 6.43. The van der Waals surface area contributed by atoms with Gasteiger partial charge in [-0.3, -0.25) is 9.71 Å². The van der Waals surface area contributed by atoms with Gasteiger partial charge >= 0.3 is 0 Å². The molecule has 1 aromatic carbocycles. The van der Waals surface area contributed by atoms with Gasteiger partial charge in [-0.15, -0.1) is 0 Å². The second-order valence-electron chi connectivity index (χ2n) is 4.58. The molecule has 0 spiro atoms. The van der Waals surface area contributed by atoms with Gasteiger partial charge in [-0.2, -0.15) is 0 Å². The third-order valence-corrected chi connectivity index (χ3v) is 4.35. The van der Waals surface area contributed by atoms with E-state index in [9.17, 15) is 12.8 Å². The standard InChI is InChI=1S/C15H12FN3O2S/c16-11-4-3-5-12(8-11)19-22(20,21)13-9-15(18-10-13)14-6-1-2-7-17-14/h1-10,18-19H. The SMILES string of the molecule is O=S(=O)(Nc1cccc(F)c1)c1c[nH]c(-c2ccccn2)c1. The van der Waals surface area contributed by atoms with Crippen molar-refractivity contribution >= 4 is 15.7 Å². The monoisotopic (exact) mass is 317 g/mol. The summed E-state index contributed by atoms with van der Waals surface area (Å²) in [7, 11) is -3.79. The van der Waals surface area contributed by atoms with E-state index in [-0.39, 0.29) is 10.6 Å². The van der Waals surface area contributed by atoms with Crippen LogP contribution in [0.5, 0.6) is 0 Å². The Kier molecular flexibility index (Phi) is 3.64. The molecule has 7 heteroatoms. The summed E-state index contributed by atoms with van der Waals surface area (Å²) in [5.41, 5.74) is 1.38. The number of H-pyrrole nitrogens is 1. The van der Waals surface area contributed by atoms with E-state index in [0.717, 1.165) is 6.07 Å². The summed E-state index contributed by atoms with van der Waals surface area (Å²) >= 11 is 0. The van der Waals surface area contributed by atoms with Gasteiger partial charge in [-0.25, -0.2) is 12.8 Å². The number of nitrogens with one attached hydrogen (secondary N) is 2. The third kappa shape index (κ3) is 2.99. The fourth-order valence-corrected chi connectivity index (χ4v) is 3.01. The summed E-state index contributed by atoms with van der Waals surface area (Å²) in [6, 6.07) is 12.1. The lowest BCUT2D eigenvalue weighted by atomic mass is 10.3. The van der Waals surface area contributed by atoms with E-state index in [4.69, 9.17) is 0 Å². The molecule has 0 aliphatic carbocycles. The van der Waals surface area contributed by atoms with Crippen molar-refractivity contribution < 1.29 is 12.8 Å². The van der Waals surface area contributed by atoms with Crippen LogP contribution in [-0.4, -0.2) is 18.4 Å². The molecular weight excluding hydrogens is 305 g/mol. The first-order valence-corrected chi connectivity index (χ1v) is 7.91. The molecule has 0 radical (unpaired) electrons. The van der Waals surface area contributed by atoms with E-state index in [2.05, 4.69) is 14.7 Å². The fraction of sp³-hybridized carbons (Fsp3) is 0. The minimum Gasteiger partial charge on any atom is -0.359 e. The Labute approximate surface area is 126 Å². The first-order chi connectivity index (χ1) is 10.5. The Balaban J connectivity index is 1.89. The van der Waals surface area contributed by atoms with Crippen LogP contribution in [0.25, 0.3) is 11.4 Å². The van der Waals surface area contributed by atoms with Gasteiger partial charge in [0.05, 0.1) is 17.1 Å². The van der Waals surface area contributed by atoms with E-state index in [1.807, 2.05) is 6.07 Å². The summed E-state index contributed by atoms with van der Waals surface area (Å²) in [4.78, 5) is 7.07. The first kappa shape index (κ1) is 14.3. The molecule has 112 valence electrons. The van der Waals surface area contributed by atoms with Crippen LogP contribution in [-0.2, 0) is 10.0 Å². The van der Waals surface area contributed by atoms with Gasteiger partial charge in [0.15, 0.2) is 0 Å². The molecule has 3 rings (SSSR count). The van der Waals surface area contributed by atoms with Crippen LogP contribution in [0.2, 0.25) is 0 Å². The molecule has 0 saturated heterocycles. The number of sulfonamides is 1. The number of aromatic amines is 1. The van der Waals surface area contributed by atoms with Gasteiger partial charge in [0.25, 0.3) is 10.0 Å². The quantitative estimate of drug-likeness (QED) is 0.776. The van der Waals surface area contributed by atoms with Crippen molar-refractivity contribution in [2.75, 3.05) is 4.72 Å². The summed E-state index contributed by atoms with van der Waals surface area (Å²) in [6.45, 7) is 0. The summed E-state index contributed by atoms with van der Waals surface area (Å²) in [5, 5.41) is 0. The zero-order chi connectivity index (χ0) is 15.6. The average Bonchev–Trinajstić information content (AvgIpc) is 2.98. The van der Waals surface area contributed by atoms with E-state index in [1.165, 1.54) is 30.5 Å². The van der Waals surface area contributed by atoms with Crippen molar-refractivity contribution in [3.63, 3.8) is 0 Å². The Hall–Kier alpha value is -2.67. The number of hydrogen-bond donors (Lipinski definition) is 2. The molecule has 2 heterocycles. The molecule has 0 saturated carbocycles. The lowest BCUT2D eigenvalue weighted by molar-refractivity contribution is 0.601. The van der Waals surface area contributed by atoms with Crippen LogP contribution < -0.4 is 4.72 Å². The lowest BCUT2D eigenvalue weighted by Crippen LogP contribution is -2.12. The smallest absolute Gasteiger partial charge is 0.263 e. The second kappa shape index (κ2) is 5.61. The minimum absolute atomic E-state index is 0.0532. The predicted molar refractivity (Wildman–Crippen MR) is 81.2 cm³/mol. The highest BCUT2D eigenvalue weighted by atomic mass is 32.2. The number of aromatic nitrogens is 2. The molecule has 0 aliphatic heterocycles. The van der Waals surface area contributed by atoms with E-state index in [1.54, 1.807) is 18.3 Å². The summed E-state index contributed by atoms with van der Waals surface area (Å²) < 4.78 is 40.0. The molecule has 2 N–H and O–H groups in total. The van der Waals surface area contributed by atoms with Crippen molar-refractivity contribution in [2.24, 2.45) is 0 Å². The lowest BCUT2D eigenvalue weighted by Gasteiger charge is -2.05. The Bertz CT molecular complexity index is 892. The minimum atomic E-state index is -3.79. The van der Waals surface area contributed by atoms with Crippen molar-refractivity contribution in [3.8, 4) is 11.4 Å². The van der Waals surface area contributed by atoms with Crippen LogP contribution >= 0.6 is 0 Å². The highest BCUT2D eigenvalue weighted by Gasteiger charge is 2.17. The van der Waals surface area contributed by atoms with Gasteiger partial charge in [-0.1, -0.05) is 12.1 Å². The normalized spacial score (nSPS) is 11.3. The molecule has 0 unspecified atom stereocenters. The number of anilines is 1. The number of rotatable bonds is 4. The second-order valence-corrected chi connectivity index (χ2v) is 6.26. The molecule has 3 aromatic rings. The van der Waals surface area contributed by atoms with Crippen LogP contribution in [0, 0.1) is 5.82 Å². The van der Waals surface area contributed by atoms with E-state index in [0.29, 0.717) is 11.4 Å². The van der Waals surface area contributed by atoms with Crippen molar-refractivity contribution in [3.05, 3.63) is 66.7 Å². The maximum Gasteiger partial charge on any atom is 0.263 e. The molecule has 0 bridgehead atoms. The van der Waals surface area contributed by atoms with Gasteiger partial charge in [0, 0.05) is 12.4 Å². The third-order valence-electron chi connectivity index (χ3n) is 2.98. The molecule has 5 nitrogen and oxygen atoms in total. The Morgan fingerprint density at radius 3 is 2.68 bits per heavy atom. The van der Waals surface area contributed by atoms with Crippen LogP contribution in [0.1, 0.15) is 0 Å². The van der Waals surface area contributed by atoms with Crippen molar-refractivity contribution in [2.45, 2.75) is 4.90 Å². The maximum absolute atomic E-state index is 13.1. The topological polar surface area (TPSA) is 74.8 Å². The van der Waals surface area contributed by atoms with Crippen LogP contribution in [0.4, 0.5) is 10.1 Å². The van der Waals surface area contributed by atoms with Crippen LogP contribution in [0.3, 0.4) is 0 Å². The maximum atomic E-state index is 13.1. The zero-order valence-electron chi connectivity index (χ0n) is 11.3. The number of hydrogen-bond acceptors (Lipinski definition) is 3. The zero-order valence-corrected chi connectivity index (χ0v) is 12.1. The van der Waals surface area contributed by atoms with E-state index < -0.39 is 15.8 Å². The number of nitrogens with zero attached hydrogens (tertiary/aromatic N) is 1. The van der Waals surface area contributed by atoms with E-state index >= 15 is 0 Å². The number of halogens is 1. The Morgan fingerprint density at radius 2 is 1.95 bits per heavy atom. The van der Waals surface area contributed by atoms with Gasteiger partial charge in [-0.05, 0) is 36.4 Å². The van der Waals surface area contributed by atoms with Crippen molar-refractivity contribution in [1.29, 1.82) is 0 Å². The van der Waals surface area contributed by atoms with Gasteiger partial charge in [0.2, 0.25) is 0 Å². The highest BCUT2D eigenvalue weighted by molar-refractivity contribution is 7.92. The largest absolute Gasteiger partial charge is 0.359 e. The molecule has 2 aromatic heterocycles. The highest BCUT2D eigenvalue weighted by Crippen LogP contribution is 2.21. The average molecular weight is 317 g/mol. The molecule has 0 fully saturated rings. The summed E-state index contributed by atoms with van der Waals surface area (Å²) in [6.07, 6.45) is 2.99. The molecule has 0 atom stereocenters. The van der Waals surface area contributed by atoms with Crippen LogP contribution in [0.15, 0.2) is 65.8 Å². The Morgan fingerprint density at radius 1 is 1.09 bits per heavy atom.